The zero-order valence-electron chi connectivity index (χ0n) is 29.9. The monoisotopic (exact) mass is 718 g/mol. The summed E-state index contributed by atoms with van der Waals surface area (Å²) >= 11 is 1.90. The van der Waals surface area contributed by atoms with Crippen molar-refractivity contribution in [3.8, 4) is 0 Å². The van der Waals surface area contributed by atoms with E-state index in [1.54, 1.807) is 0 Å². The molecule has 0 aliphatic carbocycles. The van der Waals surface area contributed by atoms with Gasteiger partial charge in [-0.3, -0.25) is 0 Å². The smallest absolute Gasteiger partial charge is 0.0554 e. The van der Waals surface area contributed by atoms with Crippen molar-refractivity contribution < 1.29 is 0 Å². The molecule has 3 heteroatoms. The minimum absolute atomic E-state index is 1.13. The largest absolute Gasteiger partial charge is 0.309 e. The lowest BCUT2D eigenvalue weighted by atomic mass is 9.97. The standard InChI is InChI=1S/C52H34N2S/c1-3-21-37(22-4-1)53(46-31-15-19-35-17-7-9-25-39(35)46)48-33-45-51-43-29-13-11-27-41(43)49(34-50(51)55-52(45)44-30-14-12-28-42(44)48)54(38-23-5-2-6-24-38)47-32-16-20-36-18-8-10-26-40(36)47/h1-34H. The highest BCUT2D eigenvalue weighted by Crippen LogP contribution is 2.51. The summed E-state index contributed by atoms with van der Waals surface area (Å²) in [5.41, 5.74) is 6.92. The van der Waals surface area contributed by atoms with Crippen LogP contribution in [0.4, 0.5) is 34.1 Å². The van der Waals surface area contributed by atoms with Gasteiger partial charge in [-0.2, -0.15) is 0 Å². The molecule has 0 aliphatic heterocycles. The summed E-state index contributed by atoms with van der Waals surface area (Å²) in [5, 5.41) is 12.4. The Bertz CT molecular complexity index is 3210. The van der Waals surface area contributed by atoms with E-state index in [2.05, 4.69) is 216 Å². The van der Waals surface area contributed by atoms with E-state index in [0.717, 1.165) is 22.7 Å². The zero-order chi connectivity index (χ0) is 36.3. The molecule has 11 rings (SSSR count). The predicted molar refractivity (Wildman–Crippen MR) is 239 cm³/mol. The van der Waals surface area contributed by atoms with Crippen LogP contribution >= 0.6 is 11.3 Å². The number of thiophene rings is 1. The highest BCUT2D eigenvalue weighted by atomic mass is 32.1. The Morgan fingerprint density at radius 3 is 1.27 bits per heavy atom. The van der Waals surface area contributed by atoms with Gasteiger partial charge in [0.25, 0.3) is 0 Å². The number of para-hydroxylation sites is 2. The second-order valence-electron chi connectivity index (χ2n) is 14.1. The summed E-state index contributed by atoms with van der Waals surface area (Å²) in [6.07, 6.45) is 0. The van der Waals surface area contributed by atoms with Crippen LogP contribution < -0.4 is 9.80 Å². The number of nitrogens with zero attached hydrogens (tertiary/aromatic N) is 2. The molecule has 0 fully saturated rings. The Kier molecular flexibility index (Phi) is 7.39. The zero-order valence-corrected chi connectivity index (χ0v) is 30.7. The highest BCUT2D eigenvalue weighted by molar-refractivity contribution is 7.27. The lowest BCUT2D eigenvalue weighted by molar-refractivity contribution is 1.32. The van der Waals surface area contributed by atoms with Crippen molar-refractivity contribution in [2.75, 3.05) is 9.80 Å². The second kappa shape index (κ2) is 12.9. The van der Waals surface area contributed by atoms with Crippen molar-refractivity contribution in [1.82, 2.24) is 0 Å². The Morgan fingerprint density at radius 2 is 0.709 bits per heavy atom. The molecule has 1 aromatic heterocycles. The summed E-state index contributed by atoms with van der Waals surface area (Å²) in [6.45, 7) is 0. The number of hydrogen-bond donors (Lipinski definition) is 0. The third-order valence-electron chi connectivity index (χ3n) is 11.0. The molecule has 11 aromatic rings. The molecule has 0 saturated carbocycles. The minimum atomic E-state index is 1.13. The Hall–Kier alpha value is -6.94. The van der Waals surface area contributed by atoms with Crippen LogP contribution in [0.1, 0.15) is 0 Å². The molecule has 0 unspecified atom stereocenters. The fraction of sp³-hybridized carbons (Fsp3) is 0. The van der Waals surface area contributed by atoms with Gasteiger partial charge in [0.1, 0.15) is 0 Å². The molecule has 0 aliphatic rings. The first kappa shape index (κ1) is 31.6. The molecule has 0 spiro atoms. The summed E-state index contributed by atoms with van der Waals surface area (Å²) in [7, 11) is 0. The Labute approximate surface area is 323 Å². The molecule has 0 atom stereocenters. The molecular formula is C52H34N2S. The summed E-state index contributed by atoms with van der Waals surface area (Å²) in [6, 6.07) is 75.1. The van der Waals surface area contributed by atoms with Crippen molar-refractivity contribution in [2.45, 2.75) is 0 Å². The molecule has 2 nitrogen and oxygen atoms in total. The molecule has 0 saturated heterocycles. The molecular weight excluding hydrogens is 685 g/mol. The Morgan fingerprint density at radius 1 is 0.291 bits per heavy atom. The van der Waals surface area contributed by atoms with E-state index in [0.29, 0.717) is 0 Å². The first-order valence-electron chi connectivity index (χ1n) is 18.8. The van der Waals surface area contributed by atoms with Gasteiger partial charge in [-0.1, -0.05) is 158 Å². The van der Waals surface area contributed by atoms with Crippen LogP contribution in [-0.4, -0.2) is 0 Å². The number of benzene rings is 10. The Balaban J connectivity index is 1.24. The predicted octanol–water partition coefficient (Wildman–Crippen LogP) is 15.6. The van der Waals surface area contributed by atoms with E-state index in [1.165, 1.54) is 74.6 Å². The van der Waals surface area contributed by atoms with Crippen LogP contribution in [0.3, 0.4) is 0 Å². The first-order chi connectivity index (χ1) is 27.3. The lowest BCUT2D eigenvalue weighted by Crippen LogP contribution is -2.11. The molecule has 1 heterocycles. The first-order valence-corrected chi connectivity index (χ1v) is 19.6. The van der Waals surface area contributed by atoms with Crippen LogP contribution in [-0.2, 0) is 0 Å². The fourth-order valence-electron chi connectivity index (χ4n) is 8.57. The molecule has 55 heavy (non-hydrogen) atoms. The molecule has 258 valence electrons. The van der Waals surface area contributed by atoms with E-state index in [4.69, 9.17) is 0 Å². The quantitative estimate of drug-likeness (QED) is 0.169. The van der Waals surface area contributed by atoms with Crippen LogP contribution in [0.2, 0.25) is 0 Å². The molecule has 10 aromatic carbocycles. The second-order valence-corrected chi connectivity index (χ2v) is 15.1. The van der Waals surface area contributed by atoms with Crippen molar-refractivity contribution in [1.29, 1.82) is 0 Å². The van der Waals surface area contributed by atoms with Crippen LogP contribution in [0, 0.1) is 0 Å². The molecule has 0 N–H and O–H groups in total. The van der Waals surface area contributed by atoms with Gasteiger partial charge in [0.05, 0.1) is 22.7 Å². The minimum Gasteiger partial charge on any atom is -0.309 e. The van der Waals surface area contributed by atoms with Crippen LogP contribution in [0.25, 0.3) is 63.3 Å². The lowest BCUT2D eigenvalue weighted by Gasteiger charge is -2.29. The van der Waals surface area contributed by atoms with Gasteiger partial charge in [0.15, 0.2) is 0 Å². The van der Waals surface area contributed by atoms with Gasteiger partial charge >= 0.3 is 0 Å². The van der Waals surface area contributed by atoms with Gasteiger partial charge in [-0.05, 0) is 64.7 Å². The number of anilines is 6. The molecule has 0 amide bonds. The van der Waals surface area contributed by atoms with Crippen LogP contribution in [0.5, 0.6) is 0 Å². The topological polar surface area (TPSA) is 6.48 Å². The molecule has 0 bridgehead atoms. The van der Waals surface area contributed by atoms with Crippen molar-refractivity contribution in [2.24, 2.45) is 0 Å². The van der Waals surface area contributed by atoms with E-state index >= 15 is 0 Å². The maximum Gasteiger partial charge on any atom is 0.0554 e. The highest BCUT2D eigenvalue weighted by Gasteiger charge is 2.24. The average molecular weight is 719 g/mol. The maximum absolute atomic E-state index is 2.46. The number of hydrogen-bond acceptors (Lipinski definition) is 3. The number of rotatable bonds is 6. The van der Waals surface area contributed by atoms with Crippen LogP contribution in [0.15, 0.2) is 206 Å². The van der Waals surface area contributed by atoms with Gasteiger partial charge in [-0.15, -0.1) is 11.3 Å². The fourth-order valence-corrected chi connectivity index (χ4v) is 9.84. The molecule has 0 radical (unpaired) electrons. The third kappa shape index (κ3) is 5.09. The van der Waals surface area contributed by atoms with E-state index in [-0.39, 0.29) is 0 Å². The van der Waals surface area contributed by atoms with Crippen molar-refractivity contribution in [3.05, 3.63) is 206 Å². The van der Waals surface area contributed by atoms with Crippen molar-refractivity contribution in [3.63, 3.8) is 0 Å². The SMILES string of the molecule is c1ccc(N(c2cccc3ccccc23)c2cc3c(sc4cc(N(c5ccccc5)c5cccc6ccccc56)c5ccccc5c43)c3ccccc23)cc1. The van der Waals surface area contributed by atoms with Gasteiger partial charge in [0, 0.05) is 58.5 Å². The van der Waals surface area contributed by atoms with Gasteiger partial charge in [-0.25, -0.2) is 0 Å². The van der Waals surface area contributed by atoms with E-state index < -0.39 is 0 Å². The third-order valence-corrected chi connectivity index (χ3v) is 12.2. The average Bonchev–Trinajstić information content (AvgIpc) is 3.64. The summed E-state index contributed by atoms with van der Waals surface area (Å²) in [4.78, 5) is 4.91. The van der Waals surface area contributed by atoms with Crippen molar-refractivity contribution >= 4 is 109 Å². The number of fused-ring (bicyclic) bond motifs is 9. The van der Waals surface area contributed by atoms with E-state index in [9.17, 15) is 0 Å². The summed E-state index contributed by atoms with van der Waals surface area (Å²) in [5.74, 6) is 0. The normalized spacial score (nSPS) is 11.6. The van der Waals surface area contributed by atoms with Gasteiger partial charge < -0.3 is 9.80 Å². The summed E-state index contributed by atoms with van der Waals surface area (Å²) < 4.78 is 2.57. The van der Waals surface area contributed by atoms with Gasteiger partial charge in [0.2, 0.25) is 0 Å². The maximum atomic E-state index is 2.46. The van der Waals surface area contributed by atoms with E-state index in [1.807, 2.05) is 11.3 Å².